The van der Waals surface area contributed by atoms with E-state index in [2.05, 4.69) is 15.3 Å². The molecule has 6 heteroatoms. The van der Waals surface area contributed by atoms with Crippen molar-refractivity contribution in [3.63, 3.8) is 0 Å². The highest BCUT2D eigenvalue weighted by Gasteiger charge is 2.06. The van der Waals surface area contributed by atoms with Gasteiger partial charge in [-0.25, -0.2) is 9.97 Å². The van der Waals surface area contributed by atoms with Crippen LogP contribution in [0.2, 0.25) is 0 Å². The Hall–Kier alpha value is -1.95. The van der Waals surface area contributed by atoms with Crippen molar-refractivity contribution in [2.24, 2.45) is 0 Å². The Kier molecular flexibility index (Phi) is 3.88. The van der Waals surface area contributed by atoms with Crippen LogP contribution in [0.15, 0.2) is 23.7 Å². The Balaban J connectivity index is 1.83. The number of nitrogens with one attached hydrogen (secondary N) is 1. The predicted octanol–water partition coefficient (Wildman–Crippen LogP) is 1.52. The summed E-state index contributed by atoms with van der Waals surface area (Å²) in [4.78, 5) is 19.8. The maximum atomic E-state index is 11.7. The number of rotatable bonds is 4. The molecule has 0 aliphatic rings. The Morgan fingerprint density at radius 3 is 2.94 bits per heavy atom. The van der Waals surface area contributed by atoms with Crippen LogP contribution in [0.25, 0.3) is 0 Å². The molecule has 0 bridgehead atoms. The topological polar surface area (TPSA) is 75.1 Å². The molecule has 0 unspecified atom stereocenters. The van der Waals surface area contributed by atoms with Crippen LogP contribution in [0.5, 0.6) is 5.75 Å². The monoisotopic (exact) mass is 263 g/mol. The Bertz CT molecular complexity index is 537. The van der Waals surface area contributed by atoms with Gasteiger partial charge in [-0.15, -0.1) is 11.3 Å². The Labute approximate surface area is 109 Å². The third kappa shape index (κ3) is 3.27. The molecule has 0 aliphatic heterocycles. The minimum Gasteiger partial charge on any atom is -0.506 e. The summed E-state index contributed by atoms with van der Waals surface area (Å²) in [6.45, 7) is 2.47. The molecular formula is C12H13N3O2S. The number of amides is 1. The summed E-state index contributed by atoms with van der Waals surface area (Å²) in [6.07, 6.45) is 1.96. The van der Waals surface area contributed by atoms with Crippen molar-refractivity contribution < 1.29 is 9.90 Å². The Morgan fingerprint density at radius 1 is 1.50 bits per heavy atom. The molecular weight excluding hydrogens is 250 g/mol. The van der Waals surface area contributed by atoms with E-state index in [4.69, 9.17) is 5.11 Å². The summed E-state index contributed by atoms with van der Waals surface area (Å²) in [5.74, 6) is -0.201. The molecule has 2 rings (SSSR count). The van der Waals surface area contributed by atoms with Crippen molar-refractivity contribution in [3.8, 4) is 5.75 Å². The lowest BCUT2D eigenvalue weighted by molar-refractivity contribution is 0.0949. The van der Waals surface area contributed by atoms with Gasteiger partial charge < -0.3 is 10.4 Å². The van der Waals surface area contributed by atoms with Gasteiger partial charge in [0.1, 0.15) is 11.4 Å². The third-order valence-corrected chi connectivity index (χ3v) is 3.30. The molecule has 0 saturated heterocycles. The summed E-state index contributed by atoms with van der Waals surface area (Å²) < 4.78 is 0. The highest BCUT2D eigenvalue weighted by atomic mass is 32.1. The number of aryl methyl sites for hydroxylation is 1. The molecule has 0 atom stereocenters. The van der Waals surface area contributed by atoms with Gasteiger partial charge in [0.2, 0.25) is 0 Å². The van der Waals surface area contributed by atoms with E-state index in [9.17, 15) is 4.79 Å². The van der Waals surface area contributed by atoms with Crippen molar-refractivity contribution in [2.45, 2.75) is 13.3 Å². The van der Waals surface area contributed by atoms with Gasteiger partial charge in [-0.05, 0) is 19.1 Å². The first-order chi connectivity index (χ1) is 8.65. The molecule has 0 aliphatic carbocycles. The minimum absolute atomic E-state index is 0.0461. The smallest absolute Gasteiger partial charge is 0.269 e. The minimum atomic E-state index is -0.247. The standard InChI is InChI=1S/C12H13N3O2S/c1-8-7-18-11(15-8)4-5-13-12(17)10-3-2-9(16)6-14-10/h2-3,6-7,16H,4-5H2,1H3,(H,13,17). The van der Waals surface area contributed by atoms with E-state index in [0.717, 1.165) is 10.7 Å². The molecule has 2 N–H and O–H groups in total. The normalized spacial score (nSPS) is 10.3. The number of aromatic hydroxyl groups is 1. The fraction of sp³-hybridized carbons (Fsp3) is 0.250. The highest BCUT2D eigenvalue weighted by molar-refractivity contribution is 7.09. The SMILES string of the molecule is Cc1csc(CCNC(=O)c2ccc(O)cn2)n1. The second kappa shape index (κ2) is 5.59. The van der Waals surface area contributed by atoms with Gasteiger partial charge in [0.25, 0.3) is 5.91 Å². The van der Waals surface area contributed by atoms with Gasteiger partial charge in [-0.2, -0.15) is 0 Å². The van der Waals surface area contributed by atoms with Crippen LogP contribution in [0.3, 0.4) is 0 Å². The van der Waals surface area contributed by atoms with Gasteiger partial charge in [0.05, 0.1) is 11.2 Å². The molecule has 18 heavy (non-hydrogen) atoms. The predicted molar refractivity (Wildman–Crippen MR) is 68.8 cm³/mol. The second-order valence-electron chi connectivity index (χ2n) is 3.79. The van der Waals surface area contributed by atoms with E-state index in [1.165, 1.54) is 18.3 Å². The van der Waals surface area contributed by atoms with Crippen LogP contribution in [0.1, 0.15) is 21.2 Å². The van der Waals surface area contributed by atoms with Gasteiger partial charge in [-0.1, -0.05) is 0 Å². The molecule has 5 nitrogen and oxygen atoms in total. The maximum absolute atomic E-state index is 11.7. The van der Waals surface area contributed by atoms with Crippen LogP contribution in [-0.4, -0.2) is 27.5 Å². The van der Waals surface area contributed by atoms with E-state index in [1.807, 2.05) is 12.3 Å². The zero-order valence-electron chi connectivity index (χ0n) is 9.88. The highest BCUT2D eigenvalue weighted by Crippen LogP contribution is 2.09. The molecule has 94 valence electrons. The molecule has 2 aromatic rings. The van der Waals surface area contributed by atoms with Crippen LogP contribution >= 0.6 is 11.3 Å². The number of carbonyl (C=O) groups excluding carboxylic acids is 1. The van der Waals surface area contributed by atoms with Gasteiger partial charge >= 0.3 is 0 Å². The third-order valence-electron chi connectivity index (χ3n) is 2.27. The number of aromatic nitrogens is 2. The number of hydrogen-bond donors (Lipinski definition) is 2. The van der Waals surface area contributed by atoms with E-state index in [-0.39, 0.29) is 11.7 Å². The number of hydrogen-bond acceptors (Lipinski definition) is 5. The van der Waals surface area contributed by atoms with E-state index in [1.54, 1.807) is 11.3 Å². The molecule has 0 fully saturated rings. The number of pyridine rings is 1. The summed E-state index contributed by atoms with van der Waals surface area (Å²) >= 11 is 1.59. The van der Waals surface area contributed by atoms with Crippen molar-refractivity contribution in [3.05, 3.63) is 40.1 Å². The molecule has 0 aromatic carbocycles. The lowest BCUT2D eigenvalue weighted by Gasteiger charge is -2.03. The van der Waals surface area contributed by atoms with Crippen LogP contribution < -0.4 is 5.32 Å². The first-order valence-corrected chi connectivity index (χ1v) is 6.37. The fourth-order valence-electron chi connectivity index (χ4n) is 1.41. The summed E-state index contributed by atoms with van der Waals surface area (Å²) in [7, 11) is 0. The summed E-state index contributed by atoms with van der Waals surface area (Å²) in [6, 6.07) is 2.92. The van der Waals surface area contributed by atoms with Crippen molar-refractivity contribution in [1.82, 2.24) is 15.3 Å². The first-order valence-electron chi connectivity index (χ1n) is 5.49. The first kappa shape index (κ1) is 12.5. The summed E-state index contributed by atoms with van der Waals surface area (Å²) in [5, 5.41) is 14.8. The van der Waals surface area contributed by atoms with Gasteiger partial charge in [-0.3, -0.25) is 4.79 Å². The Morgan fingerprint density at radius 2 is 2.33 bits per heavy atom. The zero-order valence-corrected chi connectivity index (χ0v) is 10.7. The van der Waals surface area contributed by atoms with Crippen molar-refractivity contribution >= 4 is 17.2 Å². The molecule has 1 amide bonds. The second-order valence-corrected chi connectivity index (χ2v) is 4.73. The lowest BCUT2D eigenvalue weighted by atomic mass is 10.3. The van der Waals surface area contributed by atoms with E-state index in [0.29, 0.717) is 18.7 Å². The quantitative estimate of drug-likeness (QED) is 0.877. The largest absolute Gasteiger partial charge is 0.506 e. The summed E-state index contributed by atoms with van der Waals surface area (Å²) in [5.41, 5.74) is 1.30. The molecule has 0 spiro atoms. The van der Waals surface area contributed by atoms with Gasteiger partial charge in [0.15, 0.2) is 0 Å². The van der Waals surface area contributed by atoms with E-state index < -0.39 is 0 Å². The fourth-order valence-corrected chi connectivity index (χ4v) is 2.19. The van der Waals surface area contributed by atoms with E-state index >= 15 is 0 Å². The van der Waals surface area contributed by atoms with Crippen LogP contribution in [0, 0.1) is 6.92 Å². The van der Waals surface area contributed by atoms with Crippen molar-refractivity contribution in [2.75, 3.05) is 6.54 Å². The van der Waals surface area contributed by atoms with Crippen molar-refractivity contribution in [1.29, 1.82) is 0 Å². The molecule has 2 aromatic heterocycles. The van der Waals surface area contributed by atoms with Crippen LogP contribution in [-0.2, 0) is 6.42 Å². The molecule has 0 radical (unpaired) electrons. The maximum Gasteiger partial charge on any atom is 0.269 e. The number of carbonyl (C=O) groups is 1. The average molecular weight is 263 g/mol. The average Bonchev–Trinajstić information content (AvgIpc) is 2.76. The lowest BCUT2D eigenvalue weighted by Crippen LogP contribution is -2.26. The molecule has 0 saturated carbocycles. The van der Waals surface area contributed by atoms with Crippen LogP contribution in [0.4, 0.5) is 0 Å². The molecule has 2 heterocycles. The number of nitrogens with zero attached hydrogens (tertiary/aromatic N) is 2. The van der Waals surface area contributed by atoms with Gasteiger partial charge in [0, 0.05) is 24.0 Å². The number of thiazole rings is 1. The zero-order chi connectivity index (χ0) is 13.0.